The lowest BCUT2D eigenvalue weighted by molar-refractivity contribution is -0.115. The van der Waals surface area contributed by atoms with E-state index in [1.54, 1.807) is 5.51 Å². The smallest absolute Gasteiger partial charge is 0.229 e. The molecule has 1 N–H and O–H groups in total. The summed E-state index contributed by atoms with van der Waals surface area (Å²) in [6.45, 7) is 1.91. The van der Waals surface area contributed by atoms with Gasteiger partial charge in [-0.1, -0.05) is 12.1 Å². The molecule has 0 saturated heterocycles. The number of hydrogen-bond acceptors (Lipinski definition) is 3. The van der Waals surface area contributed by atoms with Gasteiger partial charge in [0.25, 0.3) is 0 Å². The van der Waals surface area contributed by atoms with Crippen molar-refractivity contribution in [1.29, 1.82) is 0 Å². The second kappa shape index (κ2) is 5.42. The molecule has 0 unspecified atom stereocenters. The van der Waals surface area contributed by atoms with E-state index < -0.39 is 0 Å². The van der Waals surface area contributed by atoms with Gasteiger partial charge in [-0.25, -0.2) is 4.98 Å². The SMILES string of the molecule is Cc1ncsc1CC(=O)Nc1ccccc1Br. The van der Waals surface area contributed by atoms with Gasteiger partial charge in [0, 0.05) is 9.35 Å². The summed E-state index contributed by atoms with van der Waals surface area (Å²) in [7, 11) is 0. The third-order valence-corrected chi connectivity index (χ3v) is 3.94. The van der Waals surface area contributed by atoms with Crippen LogP contribution in [0.4, 0.5) is 5.69 Å². The van der Waals surface area contributed by atoms with Gasteiger partial charge in [0.05, 0.1) is 23.3 Å². The second-order valence-electron chi connectivity index (χ2n) is 3.57. The Kier molecular flexibility index (Phi) is 3.91. The first-order valence-corrected chi connectivity index (χ1v) is 6.77. The molecule has 1 amide bonds. The molecule has 0 radical (unpaired) electrons. The van der Waals surface area contributed by atoms with Crippen molar-refractivity contribution < 1.29 is 4.79 Å². The lowest BCUT2D eigenvalue weighted by Gasteiger charge is -2.06. The fraction of sp³-hybridized carbons (Fsp3) is 0.167. The van der Waals surface area contributed by atoms with Gasteiger partial charge in [-0.3, -0.25) is 4.79 Å². The number of carbonyl (C=O) groups is 1. The molecule has 0 spiro atoms. The van der Waals surface area contributed by atoms with Crippen molar-refractivity contribution in [2.45, 2.75) is 13.3 Å². The summed E-state index contributed by atoms with van der Waals surface area (Å²) < 4.78 is 0.884. The van der Waals surface area contributed by atoms with Crippen LogP contribution in [0.2, 0.25) is 0 Å². The number of halogens is 1. The van der Waals surface area contributed by atoms with Crippen LogP contribution in [0.15, 0.2) is 34.2 Å². The van der Waals surface area contributed by atoms with Crippen molar-refractivity contribution in [2.75, 3.05) is 5.32 Å². The van der Waals surface area contributed by atoms with Crippen LogP contribution in [0.1, 0.15) is 10.6 Å². The second-order valence-corrected chi connectivity index (χ2v) is 5.36. The van der Waals surface area contributed by atoms with E-state index in [1.165, 1.54) is 11.3 Å². The Hall–Kier alpha value is -1.20. The van der Waals surface area contributed by atoms with Gasteiger partial charge in [0.15, 0.2) is 0 Å². The molecule has 0 fully saturated rings. The molecule has 1 aromatic carbocycles. The monoisotopic (exact) mass is 310 g/mol. The molecule has 5 heteroatoms. The summed E-state index contributed by atoms with van der Waals surface area (Å²) in [5.74, 6) is -0.0238. The molecule has 1 heterocycles. The van der Waals surface area contributed by atoms with Crippen LogP contribution in [0.5, 0.6) is 0 Å². The summed E-state index contributed by atoms with van der Waals surface area (Å²) in [4.78, 5) is 17.0. The molecule has 0 aliphatic carbocycles. The fourth-order valence-corrected chi connectivity index (χ4v) is 2.56. The average Bonchev–Trinajstić information content (AvgIpc) is 2.68. The number of thiazole rings is 1. The minimum Gasteiger partial charge on any atom is -0.325 e. The van der Waals surface area contributed by atoms with E-state index in [1.807, 2.05) is 31.2 Å². The first-order chi connectivity index (χ1) is 8.16. The zero-order valence-electron chi connectivity index (χ0n) is 9.24. The van der Waals surface area contributed by atoms with Crippen molar-refractivity contribution in [3.8, 4) is 0 Å². The predicted molar refractivity (Wildman–Crippen MR) is 73.3 cm³/mol. The number of para-hydroxylation sites is 1. The van der Waals surface area contributed by atoms with Crippen molar-refractivity contribution in [2.24, 2.45) is 0 Å². The van der Waals surface area contributed by atoms with E-state index in [0.717, 1.165) is 20.7 Å². The highest BCUT2D eigenvalue weighted by Gasteiger charge is 2.09. The summed E-state index contributed by atoms with van der Waals surface area (Å²) in [6.07, 6.45) is 0.373. The summed E-state index contributed by atoms with van der Waals surface area (Å²) in [5, 5.41) is 2.87. The maximum absolute atomic E-state index is 11.8. The Morgan fingerprint density at radius 2 is 2.24 bits per heavy atom. The quantitative estimate of drug-likeness (QED) is 0.944. The fourth-order valence-electron chi connectivity index (χ4n) is 1.40. The van der Waals surface area contributed by atoms with Crippen molar-refractivity contribution in [3.05, 3.63) is 44.8 Å². The molecule has 0 bridgehead atoms. The van der Waals surface area contributed by atoms with Crippen LogP contribution in [-0.2, 0) is 11.2 Å². The lowest BCUT2D eigenvalue weighted by atomic mass is 10.2. The van der Waals surface area contributed by atoms with Crippen LogP contribution < -0.4 is 5.32 Å². The number of aromatic nitrogens is 1. The molecule has 2 aromatic rings. The van der Waals surface area contributed by atoms with Crippen LogP contribution >= 0.6 is 27.3 Å². The molecule has 0 aliphatic rings. The number of hydrogen-bond donors (Lipinski definition) is 1. The molecule has 0 saturated carbocycles. The van der Waals surface area contributed by atoms with Crippen molar-refractivity contribution in [3.63, 3.8) is 0 Å². The van der Waals surface area contributed by atoms with Gasteiger partial charge in [0.2, 0.25) is 5.91 Å². The number of anilines is 1. The van der Waals surface area contributed by atoms with Gasteiger partial charge >= 0.3 is 0 Å². The molecule has 17 heavy (non-hydrogen) atoms. The van der Waals surface area contributed by atoms with E-state index in [9.17, 15) is 4.79 Å². The molecule has 1 aromatic heterocycles. The Morgan fingerprint density at radius 1 is 1.47 bits per heavy atom. The van der Waals surface area contributed by atoms with Crippen LogP contribution in [0.25, 0.3) is 0 Å². The van der Waals surface area contributed by atoms with Crippen LogP contribution in [0, 0.1) is 6.92 Å². The Bertz CT molecular complexity index is 539. The highest BCUT2D eigenvalue weighted by Crippen LogP contribution is 2.22. The van der Waals surface area contributed by atoms with E-state index in [-0.39, 0.29) is 5.91 Å². The number of nitrogens with zero attached hydrogens (tertiary/aromatic N) is 1. The number of nitrogens with one attached hydrogen (secondary N) is 1. The molecule has 0 aliphatic heterocycles. The summed E-state index contributed by atoms with van der Waals surface area (Å²) in [6, 6.07) is 7.56. The normalized spacial score (nSPS) is 10.2. The molecular formula is C12H11BrN2OS. The third-order valence-electron chi connectivity index (χ3n) is 2.31. The average molecular weight is 311 g/mol. The maximum atomic E-state index is 11.8. The van der Waals surface area contributed by atoms with Gasteiger partial charge in [0.1, 0.15) is 0 Å². The Balaban J connectivity index is 2.03. The molecular weight excluding hydrogens is 300 g/mol. The largest absolute Gasteiger partial charge is 0.325 e. The standard InChI is InChI=1S/C12H11BrN2OS/c1-8-11(17-7-14-8)6-12(16)15-10-5-3-2-4-9(10)13/h2-5,7H,6H2,1H3,(H,15,16). The Morgan fingerprint density at radius 3 is 2.88 bits per heavy atom. The number of amides is 1. The third kappa shape index (κ3) is 3.14. The van der Waals surface area contributed by atoms with E-state index in [2.05, 4.69) is 26.2 Å². The first-order valence-electron chi connectivity index (χ1n) is 5.10. The zero-order chi connectivity index (χ0) is 12.3. The van der Waals surface area contributed by atoms with Crippen LogP contribution in [-0.4, -0.2) is 10.9 Å². The minimum atomic E-state index is -0.0238. The molecule has 2 rings (SSSR count). The molecule has 88 valence electrons. The number of aryl methyl sites for hydroxylation is 1. The van der Waals surface area contributed by atoms with Gasteiger partial charge in [-0.05, 0) is 35.0 Å². The Labute approximate surface area is 112 Å². The molecule has 3 nitrogen and oxygen atoms in total. The van der Waals surface area contributed by atoms with Gasteiger partial charge in [-0.2, -0.15) is 0 Å². The van der Waals surface area contributed by atoms with Gasteiger partial charge in [-0.15, -0.1) is 11.3 Å². The highest BCUT2D eigenvalue weighted by molar-refractivity contribution is 9.10. The predicted octanol–water partition coefficient (Wildman–Crippen LogP) is 3.40. The van der Waals surface area contributed by atoms with E-state index in [4.69, 9.17) is 0 Å². The topological polar surface area (TPSA) is 42.0 Å². The zero-order valence-corrected chi connectivity index (χ0v) is 11.6. The number of benzene rings is 1. The summed E-state index contributed by atoms with van der Waals surface area (Å²) in [5.41, 5.74) is 3.48. The first kappa shape index (κ1) is 12.3. The maximum Gasteiger partial charge on any atom is 0.229 e. The van der Waals surface area contributed by atoms with E-state index in [0.29, 0.717) is 6.42 Å². The van der Waals surface area contributed by atoms with Crippen LogP contribution in [0.3, 0.4) is 0 Å². The van der Waals surface area contributed by atoms with Gasteiger partial charge < -0.3 is 5.32 Å². The number of carbonyl (C=O) groups excluding carboxylic acids is 1. The molecule has 0 atom stereocenters. The highest BCUT2D eigenvalue weighted by atomic mass is 79.9. The summed E-state index contributed by atoms with van der Waals surface area (Å²) >= 11 is 4.90. The van der Waals surface area contributed by atoms with Crippen molar-refractivity contribution >= 4 is 38.9 Å². The number of rotatable bonds is 3. The van der Waals surface area contributed by atoms with E-state index >= 15 is 0 Å². The van der Waals surface area contributed by atoms with Crippen molar-refractivity contribution in [1.82, 2.24) is 4.98 Å². The minimum absolute atomic E-state index is 0.0238. The lowest BCUT2D eigenvalue weighted by Crippen LogP contribution is -2.14.